The van der Waals surface area contributed by atoms with Gasteiger partial charge in [0.05, 0.1) is 10.5 Å². The Morgan fingerprint density at radius 3 is 2.13 bits per heavy atom. The second kappa shape index (κ2) is 7.89. The summed E-state index contributed by atoms with van der Waals surface area (Å²) in [5.41, 5.74) is -0.645. The molecule has 2 aromatic carbocycles. The molecule has 0 unspecified atom stereocenters. The fourth-order valence-corrected chi connectivity index (χ4v) is 4.83. The number of piperazine rings is 1. The van der Waals surface area contributed by atoms with Crippen LogP contribution in [0, 0.1) is 0 Å². The second-order valence-electron chi connectivity index (χ2n) is 7.00. The Kier molecular flexibility index (Phi) is 5.40. The van der Waals surface area contributed by atoms with E-state index in [-0.39, 0.29) is 37.0 Å². The molecule has 1 fully saturated rings. The molecule has 1 aromatic heterocycles. The van der Waals surface area contributed by atoms with Crippen molar-refractivity contribution in [3.05, 3.63) is 60.4 Å². The van der Waals surface area contributed by atoms with E-state index in [1.165, 1.54) is 4.31 Å². The smallest absolute Gasteiger partial charge is 0.338 e. The highest BCUT2D eigenvalue weighted by molar-refractivity contribution is 7.89. The Morgan fingerprint density at radius 2 is 1.52 bits per heavy atom. The van der Waals surface area contributed by atoms with Crippen LogP contribution in [-0.2, 0) is 10.0 Å². The fraction of sp³-hybridized carbons (Fsp3) is 0.250. The van der Waals surface area contributed by atoms with Gasteiger partial charge in [-0.25, -0.2) is 18.4 Å². The number of aromatic nitrogens is 2. The van der Waals surface area contributed by atoms with Crippen molar-refractivity contribution in [2.45, 2.75) is 11.1 Å². The van der Waals surface area contributed by atoms with E-state index < -0.39 is 27.5 Å². The van der Waals surface area contributed by atoms with Gasteiger partial charge in [-0.2, -0.15) is 17.5 Å². The molecular weight excluding hydrogens is 433 g/mol. The molecular formula is C20H17F3N4O3S. The Morgan fingerprint density at radius 1 is 0.903 bits per heavy atom. The number of nitrogens with zero attached hydrogens (tertiary/aromatic N) is 4. The number of alkyl halides is 3. The van der Waals surface area contributed by atoms with Crippen molar-refractivity contribution in [3.8, 4) is 0 Å². The average molecular weight is 450 g/mol. The summed E-state index contributed by atoms with van der Waals surface area (Å²) < 4.78 is 64.9. The molecule has 0 bridgehead atoms. The van der Waals surface area contributed by atoms with Crippen molar-refractivity contribution in [3.63, 3.8) is 0 Å². The van der Waals surface area contributed by atoms with Gasteiger partial charge in [0, 0.05) is 38.6 Å². The number of fused-ring (bicyclic) bond motifs is 1. The van der Waals surface area contributed by atoms with Gasteiger partial charge < -0.3 is 4.90 Å². The number of anilines is 1. The molecule has 0 radical (unpaired) electrons. The Balaban J connectivity index is 1.46. The number of hydrogen-bond donors (Lipinski definition) is 0. The van der Waals surface area contributed by atoms with Crippen LogP contribution in [-0.4, -0.2) is 60.8 Å². The fourth-order valence-electron chi connectivity index (χ4n) is 3.37. The van der Waals surface area contributed by atoms with Crippen LogP contribution < -0.4 is 4.90 Å². The van der Waals surface area contributed by atoms with Crippen LogP contribution >= 0.6 is 0 Å². The van der Waals surface area contributed by atoms with E-state index in [1.807, 2.05) is 24.3 Å². The van der Waals surface area contributed by atoms with E-state index in [0.717, 1.165) is 23.2 Å². The summed E-state index contributed by atoms with van der Waals surface area (Å²) in [5.74, 6) is -1.87. The first kappa shape index (κ1) is 21.2. The maximum atomic E-state index is 13.0. The van der Waals surface area contributed by atoms with E-state index in [2.05, 4.69) is 9.97 Å². The molecule has 11 heteroatoms. The first-order valence-electron chi connectivity index (χ1n) is 9.34. The molecule has 1 saturated heterocycles. The van der Waals surface area contributed by atoms with E-state index in [9.17, 15) is 26.4 Å². The van der Waals surface area contributed by atoms with Crippen molar-refractivity contribution >= 4 is 32.5 Å². The van der Waals surface area contributed by atoms with Gasteiger partial charge in [-0.3, -0.25) is 4.79 Å². The number of rotatable bonds is 4. The van der Waals surface area contributed by atoms with Gasteiger partial charge in [-0.1, -0.05) is 30.3 Å². The van der Waals surface area contributed by atoms with Gasteiger partial charge >= 0.3 is 6.18 Å². The summed E-state index contributed by atoms with van der Waals surface area (Å²) >= 11 is 0. The van der Waals surface area contributed by atoms with E-state index in [1.54, 1.807) is 23.1 Å². The minimum absolute atomic E-state index is 0.140. The number of benzene rings is 2. The zero-order valence-corrected chi connectivity index (χ0v) is 16.9. The minimum Gasteiger partial charge on any atom is -0.338 e. The highest BCUT2D eigenvalue weighted by Crippen LogP contribution is 2.24. The quantitative estimate of drug-likeness (QED) is 0.569. The lowest BCUT2D eigenvalue weighted by Crippen LogP contribution is -2.49. The largest absolute Gasteiger partial charge is 0.454 e. The molecule has 0 saturated carbocycles. The third-order valence-corrected chi connectivity index (χ3v) is 6.93. The summed E-state index contributed by atoms with van der Waals surface area (Å²) in [6, 6.07) is 12.4. The molecule has 162 valence electrons. The van der Waals surface area contributed by atoms with Crippen LogP contribution in [0.2, 0.25) is 0 Å². The van der Waals surface area contributed by atoms with Crippen LogP contribution in [0.1, 0.15) is 10.4 Å². The summed E-state index contributed by atoms with van der Waals surface area (Å²) in [6.45, 7) is 0.863. The number of halogens is 3. The number of ketones is 1. The Labute approximate surface area is 176 Å². The number of carbonyl (C=O) groups is 1. The predicted octanol–water partition coefficient (Wildman–Crippen LogP) is 2.89. The van der Waals surface area contributed by atoms with Crippen LogP contribution in [0.25, 0.3) is 10.8 Å². The summed E-state index contributed by atoms with van der Waals surface area (Å²) in [5, 5.41) is 1.76. The SMILES string of the molecule is O=C(c1cnc(N2CCN(S(=O)(=O)c3ccc4ccccc4c3)CC2)nc1)C(F)(F)F. The lowest BCUT2D eigenvalue weighted by atomic mass is 10.1. The molecule has 0 amide bonds. The molecule has 7 nitrogen and oxygen atoms in total. The molecule has 0 spiro atoms. The first-order valence-corrected chi connectivity index (χ1v) is 10.8. The summed E-state index contributed by atoms with van der Waals surface area (Å²) in [7, 11) is -3.70. The molecule has 0 N–H and O–H groups in total. The van der Waals surface area contributed by atoms with Crippen molar-refractivity contribution in [1.29, 1.82) is 0 Å². The normalized spacial score (nSPS) is 15.9. The molecule has 0 atom stereocenters. The summed E-state index contributed by atoms with van der Waals surface area (Å²) in [4.78, 5) is 20.8. The number of sulfonamides is 1. The maximum Gasteiger partial charge on any atom is 0.454 e. The highest BCUT2D eigenvalue weighted by atomic mass is 32.2. The molecule has 31 heavy (non-hydrogen) atoms. The van der Waals surface area contributed by atoms with Crippen molar-refractivity contribution in [2.24, 2.45) is 0 Å². The Bertz CT molecular complexity index is 1220. The summed E-state index contributed by atoms with van der Waals surface area (Å²) in [6.07, 6.45) is -3.33. The van der Waals surface area contributed by atoms with Gasteiger partial charge in [0.15, 0.2) is 0 Å². The lowest BCUT2D eigenvalue weighted by molar-refractivity contribution is -0.0885. The lowest BCUT2D eigenvalue weighted by Gasteiger charge is -2.34. The van der Waals surface area contributed by atoms with Crippen molar-refractivity contribution in [1.82, 2.24) is 14.3 Å². The number of hydrogen-bond acceptors (Lipinski definition) is 6. The third kappa shape index (κ3) is 4.23. The number of carbonyl (C=O) groups excluding carboxylic acids is 1. The van der Waals surface area contributed by atoms with Gasteiger partial charge in [-0.05, 0) is 22.9 Å². The predicted molar refractivity (Wildman–Crippen MR) is 107 cm³/mol. The van der Waals surface area contributed by atoms with E-state index >= 15 is 0 Å². The molecule has 0 aliphatic carbocycles. The topological polar surface area (TPSA) is 83.5 Å². The zero-order chi connectivity index (χ0) is 22.2. The molecule has 3 aromatic rings. The van der Waals surface area contributed by atoms with Gasteiger partial charge in [0.25, 0.3) is 5.78 Å². The van der Waals surface area contributed by atoms with Crippen LogP contribution in [0.15, 0.2) is 59.8 Å². The van der Waals surface area contributed by atoms with E-state index in [0.29, 0.717) is 0 Å². The first-order chi connectivity index (χ1) is 14.7. The minimum atomic E-state index is -4.99. The van der Waals surface area contributed by atoms with Gasteiger partial charge in [0.1, 0.15) is 0 Å². The zero-order valence-electron chi connectivity index (χ0n) is 16.1. The molecule has 2 heterocycles. The van der Waals surface area contributed by atoms with Crippen LogP contribution in [0.5, 0.6) is 0 Å². The monoisotopic (exact) mass is 450 g/mol. The maximum absolute atomic E-state index is 13.0. The molecule has 1 aliphatic rings. The standard InChI is InChI=1S/C20H17F3N4O3S/c21-20(22,23)18(28)16-12-24-19(25-13-16)26-7-9-27(10-8-26)31(29,30)17-6-5-14-3-1-2-4-15(14)11-17/h1-6,11-13H,7-10H2. The molecule has 1 aliphatic heterocycles. The van der Waals surface area contributed by atoms with E-state index in [4.69, 9.17) is 0 Å². The third-order valence-electron chi connectivity index (χ3n) is 5.04. The van der Waals surface area contributed by atoms with Crippen LogP contribution in [0.4, 0.5) is 19.1 Å². The Hall–Kier alpha value is -3.05. The van der Waals surface area contributed by atoms with Crippen molar-refractivity contribution < 1.29 is 26.4 Å². The second-order valence-corrected chi connectivity index (χ2v) is 8.94. The highest BCUT2D eigenvalue weighted by Gasteiger charge is 2.39. The van der Waals surface area contributed by atoms with Crippen molar-refractivity contribution in [2.75, 3.05) is 31.1 Å². The number of Topliss-reactive ketones (excluding diaryl/α,β-unsaturated/α-hetero) is 1. The average Bonchev–Trinajstić information content (AvgIpc) is 2.78. The van der Waals surface area contributed by atoms with Gasteiger partial charge in [-0.15, -0.1) is 0 Å². The van der Waals surface area contributed by atoms with Crippen LogP contribution in [0.3, 0.4) is 0 Å². The molecule has 4 rings (SSSR count). The van der Waals surface area contributed by atoms with Gasteiger partial charge in [0.2, 0.25) is 16.0 Å².